The minimum absolute atomic E-state index is 0.0217. The average molecular weight is 280 g/mol. The monoisotopic (exact) mass is 280 g/mol. The fraction of sp³-hybridized carbons (Fsp3) is 0.533. The normalized spacial score (nSPS) is 18.8. The fourth-order valence-corrected chi connectivity index (χ4v) is 2.59. The minimum atomic E-state index is -0.671. The summed E-state index contributed by atoms with van der Waals surface area (Å²) in [6.07, 6.45) is 2.21. The summed E-state index contributed by atoms with van der Waals surface area (Å²) in [4.78, 5) is 14.0. The fourth-order valence-electron chi connectivity index (χ4n) is 2.59. The lowest BCUT2D eigenvalue weighted by molar-refractivity contribution is 0.0724. The molecule has 0 bridgehead atoms. The quantitative estimate of drug-likeness (QED) is 0.887. The molecule has 1 amide bonds. The van der Waals surface area contributed by atoms with E-state index in [2.05, 4.69) is 5.32 Å². The van der Waals surface area contributed by atoms with Gasteiger partial charge < -0.3 is 15.3 Å². The van der Waals surface area contributed by atoms with Crippen molar-refractivity contribution in [3.63, 3.8) is 0 Å². The van der Waals surface area contributed by atoms with Crippen molar-refractivity contribution in [2.75, 3.05) is 26.2 Å². The van der Waals surface area contributed by atoms with Gasteiger partial charge in [-0.2, -0.15) is 0 Å². The molecule has 110 valence electrons. The number of hydrogen-bond donors (Lipinski definition) is 2. The Morgan fingerprint density at radius 1 is 1.55 bits per heavy atom. The van der Waals surface area contributed by atoms with Crippen molar-refractivity contribution in [3.8, 4) is 5.75 Å². The summed E-state index contributed by atoms with van der Waals surface area (Å²) in [5.41, 5.74) is 0.0217. The average Bonchev–Trinajstić information content (AvgIpc) is 2.45. The Kier molecular flexibility index (Phi) is 4.95. The van der Waals surface area contributed by atoms with Gasteiger partial charge in [0.25, 0.3) is 5.91 Å². The molecule has 1 aromatic carbocycles. The molecule has 1 fully saturated rings. The van der Waals surface area contributed by atoms with Crippen LogP contribution in [0.1, 0.15) is 30.1 Å². The first kappa shape index (κ1) is 14.8. The van der Waals surface area contributed by atoms with Crippen molar-refractivity contribution < 1.29 is 14.3 Å². The van der Waals surface area contributed by atoms with Gasteiger partial charge in [-0.15, -0.1) is 0 Å². The molecule has 0 aliphatic carbocycles. The van der Waals surface area contributed by atoms with E-state index in [-0.39, 0.29) is 17.2 Å². The number of hydrogen-bond acceptors (Lipinski definition) is 3. The number of halogens is 1. The zero-order chi connectivity index (χ0) is 14.5. The zero-order valence-electron chi connectivity index (χ0n) is 11.7. The number of aromatic hydroxyl groups is 1. The number of carbonyl (C=O) groups excluding carboxylic acids is 1. The first-order valence-electron chi connectivity index (χ1n) is 7.10. The molecule has 1 aliphatic rings. The van der Waals surface area contributed by atoms with Crippen molar-refractivity contribution in [1.29, 1.82) is 0 Å². The van der Waals surface area contributed by atoms with Crippen LogP contribution in [0.3, 0.4) is 0 Å². The highest BCUT2D eigenvalue weighted by atomic mass is 19.1. The van der Waals surface area contributed by atoms with Crippen LogP contribution in [0, 0.1) is 11.7 Å². The lowest BCUT2D eigenvalue weighted by Gasteiger charge is -2.29. The Labute approximate surface area is 118 Å². The first-order chi connectivity index (χ1) is 9.61. The van der Waals surface area contributed by atoms with E-state index in [1.807, 2.05) is 6.92 Å². The second-order valence-electron chi connectivity index (χ2n) is 5.22. The highest BCUT2D eigenvalue weighted by molar-refractivity contribution is 5.94. The van der Waals surface area contributed by atoms with Gasteiger partial charge in [-0.25, -0.2) is 4.39 Å². The molecule has 1 heterocycles. The summed E-state index contributed by atoms with van der Waals surface area (Å²) in [5, 5.41) is 12.5. The van der Waals surface area contributed by atoms with Gasteiger partial charge in [0, 0.05) is 19.2 Å². The molecular weight excluding hydrogens is 259 g/mol. The van der Waals surface area contributed by atoms with Gasteiger partial charge in [0.2, 0.25) is 0 Å². The first-order valence-corrected chi connectivity index (χ1v) is 7.10. The van der Waals surface area contributed by atoms with Crippen LogP contribution in [0.4, 0.5) is 4.39 Å². The molecule has 0 saturated carbocycles. The number of phenols is 1. The molecule has 1 aromatic rings. The van der Waals surface area contributed by atoms with Gasteiger partial charge in [-0.05, 0) is 50.9 Å². The number of amides is 1. The molecule has 1 unspecified atom stereocenters. The smallest absolute Gasteiger partial charge is 0.256 e. The summed E-state index contributed by atoms with van der Waals surface area (Å²) < 4.78 is 13.8. The Hall–Kier alpha value is -1.62. The van der Waals surface area contributed by atoms with Gasteiger partial charge in [0.05, 0.1) is 5.56 Å². The third kappa shape index (κ3) is 3.48. The van der Waals surface area contributed by atoms with Crippen molar-refractivity contribution in [1.82, 2.24) is 10.2 Å². The second-order valence-corrected chi connectivity index (χ2v) is 5.22. The molecule has 2 N–H and O–H groups in total. The molecule has 1 aliphatic heterocycles. The number of carbonyl (C=O) groups is 1. The predicted octanol–water partition coefficient (Wildman–Crippen LogP) is 1.99. The van der Waals surface area contributed by atoms with Crippen LogP contribution < -0.4 is 5.32 Å². The summed E-state index contributed by atoms with van der Waals surface area (Å²) in [7, 11) is 0. The number of piperidine rings is 1. The summed E-state index contributed by atoms with van der Waals surface area (Å²) in [6.45, 7) is 5.02. The standard InChI is InChI=1S/C15H21FN2O2/c1-2-18(10-11-4-3-7-17-9-11)15(20)13-6-5-12(19)8-14(13)16/h5-6,8,11,17,19H,2-4,7,9-10H2,1H3. The highest BCUT2D eigenvalue weighted by Crippen LogP contribution is 2.18. The molecule has 4 nitrogen and oxygen atoms in total. The van der Waals surface area contributed by atoms with E-state index in [0.717, 1.165) is 32.0 Å². The largest absolute Gasteiger partial charge is 0.508 e. The van der Waals surface area contributed by atoms with Gasteiger partial charge in [-0.3, -0.25) is 4.79 Å². The van der Waals surface area contributed by atoms with Crippen LogP contribution in [0.15, 0.2) is 18.2 Å². The van der Waals surface area contributed by atoms with Crippen molar-refractivity contribution in [3.05, 3.63) is 29.6 Å². The van der Waals surface area contributed by atoms with E-state index in [1.165, 1.54) is 12.1 Å². The predicted molar refractivity (Wildman–Crippen MR) is 75.2 cm³/mol. The molecule has 1 saturated heterocycles. The van der Waals surface area contributed by atoms with E-state index >= 15 is 0 Å². The van der Waals surface area contributed by atoms with Crippen LogP contribution in [-0.4, -0.2) is 42.1 Å². The molecule has 0 radical (unpaired) electrons. The number of benzene rings is 1. The Morgan fingerprint density at radius 2 is 2.35 bits per heavy atom. The molecule has 1 atom stereocenters. The summed E-state index contributed by atoms with van der Waals surface area (Å²) in [6, 6.07) is 3.66. The van der Waals surface area contributed by atoms with Crippen molar-refractivity contribution in [2.45, 2.75) is 19.8 Å². The number of rotatable bonds is 4. The van der Waals surface area contributed by atoms with E-state index in [9.17, 15) is 14.3 Å². The summed E-state index contributed by atoms with van der Waals surface area (Å²) >= 11 is 0. The van der Waals surface area contributed by atoms with Gasteiger partial charge in [0.1, 0.15) is 11.6 Å². The zero-order valence-corrected chi connectivity index (χ0v) is 11.7. The Morgan fingerprint density at radius 3 is 2.95 bits per heavy atom. The molecule has 2 rings (SSSR count). The van der Waals surface area contributed by atoms with Crippen LogP contribution in [0.2, 0.25) is 0 Å². The van der Waals surface area contributed by atoms with Crippen LogP contribution in [0.5, 0.6) is 5.75 Å². The van der Waals surface area contributed by atoms with Gasteiger partial charge >= 0.3 is 0 Å². The lowest BCUT2D eigenvalue weighted by atomic mass is 9.98. The Bertz CT molecular complexity index is 473. The maximum atomic E-state index is 13.8. The van der Waals surface area contributed by atoms with Crippen molar-refractivity contribution >= 4 is 5.91 Å². The third-order valence-corrected chi connectivity index (χ3v) is 3.73. The topological polar surface area (TPSA) is 52.6 Å². The van der Waals surface area contributed by atoms with Crippen LogP contribution >= 0.6 is 0 Å². The minimum Gasteiger partial charge on any atom is -0.508 e. The SMILES string of the molecule is CCN(CC1CCCNC1)C(=O)c1ccc(O)cc1F. The highest BCUT2D eigenvalue weighted by Gasteiger charge is 2.22. The molecular formula is C15H21FN2O2. The van der Waals surface area contributed by atoms with E-state index in [1.54, 1.807) is 4.90 Å². The number of phenolic OH excluding ortho intramolecular Hbond substituents is 1. The van der Waals surface area contributed by atoms with E-state index in [0.29, 0.717) is 19.0 Å². The summed E-state index contributed by atoms with van der Waals surface area (Å²) in [5.74, 6) is -0.725. The van der Waals surface area contributed by atoms with Gasteiger partial charge in [-0.1, -0.05) is 0 Å². The Balaban J connectivity index is 2.07. The molecule has 5 heteroatoms. The third-order valence-electron chi connectivity index (χ3n) is 3.73. The van der Waals surface area contributed by atoms with E-state index < -0.39 is 5.82 Å². The van der Waals surface area contributed by atoms with Crippen LogP contribution in [-0.2, 0) is 0 Å². The molecule has 0 spiro atoms. The lowest BCUT2D eigenvalue weighted by Crippen LogP contribution is -2.41. The van der Waals surface area contributed by atoms with Gasteiger partial charge in [0.15, 0.2) is 0 Å². The van der Waals surface area contributed by atoms with Crippen molar-refractivity contribution in [2.24, 2.45) is 5.92 Å². The second kappa shape index (κ2) is 6.70. The van der Waals surface area contributed by atoms with E-state index in [4.69, 9.17) is 0 Å². The maximum absolute atomic E-state index is 13.8. The maximum Gasteiger partial charge on any atom is 0.256 e. The number of nitrogens with one attached hydrogen (secondary N) is 1. The molecule has 20 heavy (non-hydrogen) atoms. The van der Waals surface area contributed by atoms with Crippen LogP contribution in [0.25, 0.3) is 0 Å². The number of nitrogens with zero attached hydrogens (tertiary/aromatic N) is 1. The molecule has 0 aromatic heterocycles.